The number of unbranched alkanes of at least 4 members (excludes halogenated alkanes) is 4. The number of nitrogens with zero attached hydrogens (tertiary/aromatic N) is 2. The van der Waals surface area contributed by atoms with E-state index >= 15 is 0 Å². The fourth-order valence-corrected chi connectivity index (χ4v) is 14.2. The Bertz CT molecular complexity index is 2980. The number of Topliss-reactive ketones (excluding diaryl/α,β-unsaturated/α-hetero) is 1. The molecule has 7 rings (SSSR count). The number of aliphatic hydroxyl groups is 2. The third-order valence-corrected chi connectivity index (χ3v) is 19.9. The van der Waals surface area contributed by atoms with Gasteiger partial charge in [0.2, 0.25) is 11.6 Å². The molecule has 0 radical (unpaired) electrons. The number of hydrogen-bond acceptors (Lipinski definition) is 9. The van der Waals surface area contributed by atoms with Crippen LogP contribution in [0.5, 0.6) is 0 Å². The number of fused-ring (bicyclic) bond motifs is 3. The number of allylic oxidation sites excluding steroid dienone is 11. The molecule has 2 aromatic rings. The summed E-state index contributed by atoms with van der Waals surface area (Å²) in [7, 11) is -4.02. The highest BCUT2D eigenvalue weighted by molar-refractivity contribution is 7.85. The summed E-state index contributed by atoms with van der Waals surface area (Å²) in [4.78, 5) is 41.3. The van der Waals surface area contributed by atoms with E-state index in [1.54, 1.807) is 0 Å². The average molecular weight is 1180 g/mol. The predicted octanol–water partition coefficient (Wildman–Crippen LogP) is 14.0. The van der Waals surface area contributed by atoms with Crippen molar-refractivity contribution in [2.45, 2.75) is 207 Å². The molecule has 0 bridgehead atoms. The van der Waals surface area contributed by atoms with Crippen LogP contribution in [0.3, 0.4) is 0 Å². The number of rotatable bonds is 29. The van der Waals surface area contributed by atoms with E-state index in [1.807, 2.05) is 26.8 Å². The molecule has 0 spiro atoms. The fraction of sp³-hybridized carbons (Fsp3) is 0.594. The minimum absolute atomic E-state index is 0.00390. The van der Waals surface area contributed by atoms with Gasteiger partial charge in [0.25, 0.3) is 10.1 Å². The van der Waals surface area contributed by atoms with Crippen LogP contribution in [0.25, 0.3) is 0 Å². The van der Waals surface area contributed by atoms with Crippen molar-refractivity contribution < 1.29 is 46.9 Å². The molecule has 0 aromatic heterocycles. The number of halogens is 1. The molecular weight excluding hydrogens is 1080 g/mol. The van der Waals surface area contributed by atoms with E-state index in [0.29, 0.717) is 70.4 Å². The molecule has 5 aliphatic rings. The molecule has 4 N–H and O–H groups in total. The second-order valence-electron chi connectivity index (χ2n) is 26.2. The number of anilines is 1. The van der Waals surface area contributed by atoms with Gasteiger partial charge in [0.1, 0.15) is 18.4 Å². The number of hydrogen-bond donors (Lipinski definition) is 4. The summed E-state index contributed by atoms with van der Waals surface area (Å²) < 4.78 is 40.9. The van der Waals surface area contributed by atoms with Crippen molar-refractivity contribution in [3.8, 4) is 0 Å². The normalized spacial score (nSPS) is 23.8. The van der Waals surface area contributed by atoms with E-state index in [4.69, 9.17) is 16.3 Å². The Labute approximate surface area is 502 Å². The van der Waals surface area contributed by atoms with Gasteiger partial charge in [-0.2, -0.15) is 13.0 Å². The van der Waals surface area contributed by atoms with Crippen molar-refractivity contribution in [2.24, 2.45) is 29.1 Å². The van der Waals surface area contributed by atoms with Crippen LogP contribution in [0.4, 0.5) is 11.4 Å². The lowest BCUT2D eigenvalue weighted by Crippen LogP contribution is -2.43. The van der Waals surface area contributed by atoms with Crippen LogP contribution in [0.2, 0.25) is 0 Å². The summed E-state index contributed by atoms with van der Waals surface area (Å²) >= 11 is 7.30. The molecule has 2 heterocycles. The SMILES string of the molecule is CCC(C)(C)C(=O)O[C@H]1C[C@@H](C)C=C2C=C[C@H](C)[C@H](CC[C@@H](O)C[C@@H](O)CC(=O)CCCCNC(=O)CCCCC[N+]3=C(C=CC4=C(Cl)C(=CC=C5N(CCCCS(=O)(=O)O)c6ccccc6C5(C)C)CCC4)C(C)(C)c4ccccc43)[C@H]21. The molecule has 14 heteroatoms. The van der Waals surface area contributed by atoms with Gasteiger partial charge in [0, 0.05) is 84.2 Å². The molecule has 0 unspecified atom stereocenters. The Kier molecular flexibility index (Phi) is 22.9. The highest BCUT2D eigenvalue weighted by Gasteiger charge is 2.45. The predicted molar refractivity (Wildman–Crippen MR) is 336 cm³/mol. The first-order chi connectivity index (χ1) is 39.3. The third kappa shape index (κ3) is 17.0. The summed E-state index contributed by atoms with van der Waals surface area (Å²) in [6.07, 6.45) is 24.7. The van der Waals surface area contributed by atoms with Gasteiger partial charge in [-0.15, -0.1) is 0 Å². The zero-order valence-corrected chi connectivity index (χ0v) is 52.8. The molecule has 0 saturated heterocycles. The summed E-state index contributed by atoms with van der Waals surface area (Å²) in [6, 6.07) is 17.0. The van der Waals surface area contributed by atoms with E-state index < -0.39 is 27.7 Å². The maximum atomic E-state index is 13.2. The molecule has 2 aliphatic heterocycles. The second-order valence-corrected chi connectivity index (χ2v) is 28.1. The lowest BCUT2D eigenvalue weighted by molar-refractivity contribution is -0.438. The largest absolute Gasteiger partial charge is 0.461 e. The molecule has 0 fully saturated rings. The zero-order chi connectivity index (χ0) is 60.3. The maximum Gasteiger partial charge on any atom is 0.311 e. The molecule has 12 nitrogen and oxygen atoms in total. The maximum absolute atomic E-state index is 13.2. The number of aliphatic hydroxyl groups excluding tert-OH is 2. The number of ether oxygens (including phenoxy) is 1. The zero-order valence-electron chi connectivity index (χ0n) is 51.2. The van der Waals surface area contributed by atoms with Crippen LogP contribution in [0.1, 0.15) is 189 Å². The van der Waals surface area contributed by atoms with E-state index in [0.717, 1.165) is 85.5 Å². The minimum Gasteiger partial charge on any atom is -0.461 e. The Morgan fingerprint density at radius 1 is 0.892 bits per heavy atom. The summed E-state index contributed by atoms with van der Waals surface area (Å²) in [5.74, 6) is 0.320. The van der Waals surface area contributed by atoms with Crippen molar-refractivity contribution in [1.82, 2.24) is 5.32 Å². The van der Waals surface area contributed by atoms with Crippen LogP contribution < -0.4 is 10.2 Å². The molecule has 1 amide bonds. The van der Waals surface area contributed by atoms with Crippen LogP contribution in [-0.4, -0.2) is 94.8 Å². The smallest absolute Gasteiger partial charge is 0.311 e. The van der Waals surface area contributed by atoms with Gasteiger partial charge in [0.05, 0.1) is 28.8 Å². The van der Waals surface area contributed by atoms with E-state index in [1.165, 1.54) is 28.1 Å². The van der Waals surface area contributed by atoms with Crippen molar-refractivity contribution in [3.63, 3.8) is 0 Å². The third-order valence-electron chi connectivity index (χ3n) is 18.6. The molecule has 454 valence electrons. The highest BCUT2D eigenvalue weighted by atomic mass is 35.5. The van der Waals surface area contributed by atoms with Crippen LogP contribution in [0, 0.1) is 29.1 Å². The lowest BCUT2D eigenvalue weighted by atomic mass is 9.65. The first-order valence-electron chi connectivity index (χ1n) is 31.1. The van der Waals surface area contributed by atoms with Crippen molar-refractivity contribution >= 4 is 56.5 Å². The molecule has 7 atom stereocenters. The van der Waals surface area contributed by atoms with Gasteiger partial charge < -0.3 is 25.2 Å². The lowest BCUT2D eigenvalue weighted by Gasteiger charge is -2.44. The number of ketones is 1. The van der Waals surface area contributed by atoms with Gasteiger partial charge >= 0.3 is 5.97 Å². The van der Waals surface area contributed by atoms with Crippen molar-refractivity contribution in [3.05, 3.63) is 130 Å². The Hall–Kier alpha value is -4.92. The van der Waals surface area contributed by atoms with Crippen LogP contribution in [0.15, 0.2) is 119 Å². The van der Waals surface area contributed by atoms with Gasteiger partial charge in [-0.1, -0.05) is 113 Å². The number of nitrogens with one attached hydrogen (secondary N) is 1. The monoisotopic (exact) mass is 1180 g/mol. The quantitative estimate of drug-likeness (QED) is 0.0266. The van der Waals surface area contributed by atoms with Crippen molar-refractivity contribution in [2.75, 3.05) is 30.3 Å². The summed E-state index contributed by atoms with van der Waals surface area (Å²) in [5, 5.41) is 25.7. The minimum atomic E-state index is -4.02. The Morgan fingerprint density at radius 2 is 1.61 bits per heavy atom. The van der Waals surface area contributed by atoms with Gasteiger partial charge in [0.15, 0.2) is 5.71 Å². The number of esters is 1. The summed E-state index contributed by atoms with van der Waals surface area (Å²) in [5.41, 5.74) is 9.48. The Balaban J connectivity index is 0.845. The van der Waals surface area contributed by atoms with Crippen molar-refractivity contribution in [1.29, 1.82) is 0 Å². The summed E-state index contributed by atoms with van der Waals surface area (Å²) in [6.45, 7) is 21.1. The standard InChI is InChI=1S/C69H96ClN3O9S/c1-10-67(4,5)66(78)82-60-44-47(2)43-51-32-31-48(3)55(64(51)60)36-35-53(75)46-54(76)45-52(74)25-17-18-39-71-63(77)30-12-11-19-40-72-58-28-15-13-26-56(58)68(6,7)61(72)37-33-49-23-22-24-50(65(49)70)34-38-62-69(8,9)57-27-14-16-29-59(57)73(62)41-20-21-42-83(79,80)81/h13-16,26-29,31-34,37-38,43,47-48,53-55,60,64,75-76H,10-12,17-25,30,35-36,39-42,44-46H2,1-9H3,(H-,71,77,79,80,81)/p+1/t47-,48-,53+,54-,55-,60-,64-/m0/s1. The van der Waals surface area contributed by atoms with E-state index in [9.17, 15) is 37.6 Å². The van der Waals surface area contributed by atoms with E-state index in [2.05, 4.69) is 141 Å². The van der Waals surface area contributed by atoms with Gasteiger partial charge in [-0.25, -0.2) is 0 Å². The fourth-order valence-electron chi connectivity index (χ4n) is 13.3. The van der Waals surface area contributed by atoms with Crippen LogP contribution >= 0.6 is 11.6 Å². The number of amides is 1. The molecule has 3 aliphatic carbocycles. The molecule has 2 aromatic carbocycles. The first kappa shape index (κ1) is 65.6. The second kappa shape index (κ2) is 29.0. The van der Waals surface area contributed by atoms with Gasteiger partial charge in [-0.05, 0) is 170 Å². The van der Waals surface area contributed by atoms with E-state index in [-0.39, 0.29) is 70.9 Å². The molecule has 83 heavy (non-hydrogen) atoms. The number of benzene rings is 2. The molecule has 0 saturated carbocycles. The molecular formula is C69H97ClN3O9S+. The Morgan fingerprint density at radius 3 is 2.36 bits per heavy atom. The number of para-hydroxylation sites is 2. The number of carbonyl (C=O) groups excluding carboxylic acids is 3. The highest BCUT2D eigenvalue weighted by Crippen LogP contribution is 2.49. The van der Waals surface area contributed by atoms with Gasteiger partial charge in [-0.3, -0.25) is 18.9 Å². The number of carbonyl (C=O) groups is 3. The average Bonchev–Trinajstić information content (AvgIpc) is 4.04. The first-order valence-corrected chi connectivity index (χ1v) is 33.1. The van der Waals surface area contributed by atoms with Crippen LogP contribution in [-0.2, 0) is 40.1 Å². The topological polar surface area (TPSA) is 174 Å².